The number of aromatic nitrogens is 4. The number of aryl methyl sites for hydroxylation is 1. The summed E-state index contributed by atoms with van der Waals surface area (Å²) in [4.78, 5) is 0. The molecule has 80 valence electrons. The third-order valence-electron chi connectivity index (χ3n) is 1.80. The maximum atomic E-state index is 5.74. The lowest BCUT2D eigenvalue weighted by atomic mass is 10.2. The average molecular weight is 200 g/mol. The SMILES string of the molecule is COCC(N)CCNc1nnnn1C. The van der Waals surface area contributed by atoms with E-state index in [2.05, 4.69) is 20.8 Å². The zero-order valence-corrected chi connectivity index (χ0v) is 8.47. The van der Waals surface area contributed by atoms with Crippen molar-refractivity contribution < 1.29 is 4.74 Å². The molecule has 14 heavy (non-hydrogen) atoms. The Morgan fingerprint density at radius 3 is 3.00 bits per heavy atom. The molecule has 0 bridgehead atoms. The fourth-order valence-electron chi connectivity index (χ4n) is 1.05. The number of hydrogen-bond donors (Lipinski definition) is 2. The fraction of sp³-hybridized carbons (Fsp3) is 0.857. The number of tetrazole rings is 1. The molecular weight excluding hydrogens is 184 g/mol. The highest BCUT2D eigenvalue weighted by Gasteiger charge is 2.03. The number of hydrogen-bond acceptors (Lipinski definition) is 6. The Balaban J connectivity index is 2.19. The smallest absolute Gasteiger partial charge is 0.242 e. The first-order valence-electron chi connectivity index (χ1n) is 4.44. The second-order valence-electron chi connectivity index (χ2n) is 3.06. The summed E-state index contributed by atoms with van der Waals surface area (Å²) in [6.07, 6.45) is 0.820. The largest absolute Gasteiger partial charge is 0.383 e. The normalized spacial score (nSPS) is 12.8. The van der Waals surface area contributed by atoms with Crippen LogP contribution in [-0.4, -0.2) is 46.5 Å². The first-order valence-corrected chi connectivity index (χ1v) is 4.44. The van der Waals surface area contributed by atoms with Crippen LogP contribution in [0, 0.1) is 0 Å². The zero-order chi connectivity index (χ0) is 10.4. The molecular formula is C7H16N6O. The molecule has 0 saturated carbocycles. The number of methoxy groups -OCH3 is 1. The predicted octanol–water partition coefficient (Wildman–Crippen LogP) is -1.01. The molecule has 7 nitrogen and oxygen atoms in total. The van der Waals surface area contributed by atoms with Gasteiger partial charge >= 0.3 is 0 Å². The van der Waals surface area contributed by atoms with Crippen molar-refractivity contribution in [2.45, 2.75) is 12.5 Å². The Labute approximate surface area is 82.6 Å². The molecule has 0 aromatic carbocycles. The van der Waals surface area contributed by atoms with Gasteiger partial charge in [-0.1, -0.05) is 5.10 Å². The second-order valence-corrected chi connectivity index (χ2v) is 3.06. The highest BCUT2D eigenvalue weighted by atomic mass is 16.5. The molecule has 0 spiro atoms. The van der Waals surface area contributed by atoms with Gasteiger partial charge in [0.2, 0.25) is 5.95 Å². The molecule has 1 heterocycles. The Kier molecular flexibility index (Phi) is 4.27. The van der Waals surface area contributed by atoms with Gasteiger partial charge < -0.3 is 15.8 Å². The fourth-order valence-corrected chi connectivity index (χ4v) is 1.05. The van der Waals surface area contributed by atoms with Gasteiger partial charge in [-0.3, -0.25) is 0 Å². The van der Waals surface area contributed by atoms with Crippen LogP contribution >= 0.6 is 0 Å². The molecule has 1 rings (SSSR count). The van der Waals surface area contributed by atoms with Crippen LogP contribution in [0.2, 0.25) is 0 Å². The first kappa shape index (κ1) is 10.9. The van der Waals surface area contributed by atoms with Crippen LogP contribution in [0.25, 0.3) is 0 Å². The van der Waals surface area contributed by atoms with Gasteiger partial charge in [-0.2, -0.15) is 0 Å². The molecule has 7 heteroatoms. The molecule has 0 saturated heterocycles. The van der Waals surface area contributed by atoms with Gasteiger partial charge in [0.1, 0.15) is 0 Å². The zero-order valence-electron chi connectivity index (χ0n) is 8.47. The van der Waals surface area contributed by atoms with E-state index in [4.69, 9.17) is 10.5 Å². The number of nitrogens with two attached hydrogens (primary N) is 1. The van der Waals surface area contributed by atoms with E-state index in [9.17, 15) is 0 Å². The summed E-state index contributed by atoms with van der Waals surface area (Å²) in [6.45, 7) is 1.30. The lowest BCUT2D eigenvalue weighted by molar-refractivity contribution is 0.178. The van der Waals surface area contributed by atoms with Gasteiger partial charge in [-0.05, 0) is 16.8 Å². The van der Waals surface area contributed by atoms with Crippen molar-refractivity contribution in [1.82, 2.24) is 20.2 Å². The molecule has 1 unspecified atom stereocenters. The minimum absolute atomic E-state index is 0.0497. The first-order chi connectivity index (χ1) is 6.74. The highest BCUT2D eigenvalue weighted by Crippen LogP contribution is 1.96. The summed E-state index contributed by atoms with van der Waals surface area (Å²) in [5.41, 5.74) is 5.74. The number of ether oxygens (including phenoxy) is 1. The summed E-state index contributed by atoms with van der Waals surface area (Å²) in [5.74, 6) is 0.648. The van der Waals surface area contributed by atoms with Crippen molar-refractivity contribution >= 4 is 5.95 Å². The van der Waals surface area contributed by atoms with Crippen molar-refractivity contribution in [3.8, 4) is 0 Å². The molecule has 3 N–H and O–H groups in total. The van der Waals surface area contributed by atoms with Gasteiger partial charge in [-0.15, -0.1) is 0 Å². The third kappa shape index (κ3) is 3.27. The topological polar surface area (TPSA) is 90.9 Å². The molecule has 0 fully saturated rings. The van der Waals surface area contributed by atoms with Crippen LogP contribution in [-0.2, 0) is 11.8 Å². The Bertz CT molecular complexity index is 262. The Morgan fingerprint density at radius 1 is 1.64 bits per heavy atom. The van der Waals surface area contributed by atoms with Gasteiger partial charge in [0.15, 0.2) is 0 Å². The molecule has 0 aliphatic carbocycles. The molecule has 0 radical (unpaired) electrons. The molecule has 0 aliphatic heterocycles. The summed E-state index contributed by atoms with van der Waals surface area (Å²) < 4.78 is 6.49. The minimum Gasteiger partial charge on any atom is -0.383 e. The highest BCUT2D eigenvalue weighted by molar-refractivity contribution is 5.20. The van der Waals surface area contributed by atoms with E-state index in [0.29, 0.717) is 12.6 Å². The van der Waals surface area contributed by atoms with E-state index < -0.39 is 0 Å². The van der Waals surface area contributed by atoms with E-state index in [1.54, 1.807) is 18.8 Å². The van der Waals surface area contributed by atoms with E-state index in [1.165, 1.54) is 0 Å². The average Bonchev–Trinajstić information content (AvgIpc) is 2.52. The van der Waals surface area contributed by atoms with Crippen molar-refractivity contribution in [2.75, 3.05) is 25.6 Å². The van der Waals surface area contributed by atoms with Crippen LogP contribution in [0.4, 0.5) is 5.95 Å². The van der Waals surface area contributed by atoms with E-state index >= 15 is 0 Å². The number of rotatable bonds is 6. The molecule has 0 aliphatic rings. The molecule has 1 atom stereocenters. The molecule has 1 aromatic heterocycles. The Hall–Kier alpha value is -1.21. The lowest BCUT2D eigenvalue weighted by Crippen LogP contribution is -2.28. The Morgan fingerprint density at radius 2 is 2.43 bits per heavy atom. The second kappa shape index (κ2) is 5.51. The van der Waals surface area contributed by atoms with Crippen LogP contribution in [0.5, 0.6) is 0 Å². The monoisotopic (exact) mass is 200 g/mol. The van der Waals surface area contributed by atoms with Crippen molar-refractivity contribution in [1.29, 1.82) is 0 Å². The summed E-state index contributed by atoms with van der Waals surface area (Å²) in [7, 11) is 3.41. The van der Waals surface area contributed by atoms with Crippen LogP contribution < -0.4 is 11.1 Å². The summed E-state index contributed by atoms with van der Waals surface area (Å²) in [6, 6.07) is 0.0497. The number of nitrogens with zero attached hydrogens (tertiary/aromatic N) is 4. The van der Waals surface area contributed by atoms with Crippen LogP contribution in [0.15, 0.2) is 0 Å². The van der Waals surface area contributed by atoms with Gasteiger partial charge in [-0.25, -0.2) is 4.68 Å². The van der Waals surface area contributed by atoms with Crippen LogP contribution in [0.3, 0.4) is 0 Å². The van der Waals surface area contributed by atoms with Crippen molar-refractivity contribution in [3.63, 3.8) is 0 Å². The summed E-state index contributed by atoms with van der Waals surface area (Å²) in [5, 5.41) is 14.0. The van der Waals surface area contributed by atoms with Crippen LogP contribution in [0.1, 0.15) is 6.42 Å². The third-order valence-corrected chi connectivity index (χ3v) is 1.80. The van der Waals surface area contributed by atoms with Crippen molar-refractivity contribution in [2.24, 2.45) is 12.8 Å². The van der Waals surface area contributed by atoms with Gasteiger partial charge in [0.05, 0.1) is 6.61 Å². The molecule has 0 amide bonds. The van der Waals surface area contributed by atoms with Gasteiger partial charge in [0, 0.05) is 26.7 Å². The van der Waals surface area contributed by atoms with E-state index in [-0.39, 0.29) is 6.04 Å². The number of anilines is 1. The maximum Gasteiger partial charge on any atom is 0.242 e. The quantitative estimate of drug-likeness (QED) is 0.611. The standard InChI is InChI=1S/C7H16N6O/c1-13-7(10-11-12-13)9-4-3-6(8)5-14-2/h6H,3-5,8H2,1-2H3,(H,9,10,12). The van der Waals surface area contributed by atoms with Gasteiger partial charge in [0.25, 0.3) is 0 Å². The summed E-state index contributed by atoms with van der Waals surface area (Å²) >= 11 is 0. The van der Waals surface area contributed by atoms with E-state index in [1.807, 2.05) is 0 Å². The van der Waals surface area contributed by atoms with E-state index in [0.717, 1.165) is 13.0 Å². The van der Waals surface area contributed by atoms with Crippen molar-refractivity contribution in [3.05, 3.63) is 0 Å². The predicted molar refractivity (Wildman–Crippen MR) is 51.8 cm³/mol. The lowest BCUT2D eigenvalue weighted by Gasteiger charge is -2.10. The maximum absolute atomic E-state index is 5.74. The number of nitrogens with one attached hydrogen (secondary N) is 1. The molecule has 1 aromatic rings. The minimum atomic E-state index is 0.0497.